The average molecular weight is 470 g/mol. The monoisotopic (exact) mass is 468 g/mol. The van der Waals surface area contributed by atoms with Crippen LogP contribution in [0.3, 0.4) is 0 Å². The van der Waals surface area contributed by atoms with Crippen LogP contribution in [0.5, 0.6) is 0 Å². The van der Waals surface area contributed by atoms with Crippen LogP contribution in [-0.2, 0) is 11.2 Å². The van der Waals surface area contributed by atoms with Crippen molar-refractivity contribution in [2.24, 2.45) is 0 Å². The maximum absolute atomic E-state index is 13.9. The highest BCUT2D eigenvalue weighted by Gasteiger charge is 2.11. The molecule has 3 aromatic rings. The second-order valence-electron chi connectivity index (χ2n) is 6.25. The molecule has 0 spiro atoms. The van der Waals surface area contributed by atoms with E-state index in [1.165, 1.54) is 12.1 Å². The minimum Gasteiger partial charge on any atom is -0.321 e. The van der Waals surface area contributed by atoms with Crippen molar-refractivity contribution in [3.8, 4) is 6.07 Å². The van der Waals surface area contributed by atoms with Gasteiger partial charge in [0.15, 0.2) is 0 Å². The van der Waals surface area contributed by atoms with Gasteiger partial charge in [-0.25, -0.2) is 4.39 Å². The van der Waals surface area contributed by atoms with Gasteiger partial charge in [0.25, 0.3) is 5.91 Å². The molecule has 0 aliphatic heterocycles. The van der Waals surface area contributed by atoms with Crippen LogP contribution in [0, 0.1) is 17.1 Å². The van der Waals surface area contributed by atoms with Gasteiger partial charge < -0.3 is 5.32 Å². The summed E-state index contributed by atoms with van der Waals surface area (Å²) in [5, 5.41) is 12.5. The Morgan fingerprint density at radius 2 is 1.90 bits per heavy atom. The first-order chi connectivity index (χ1) is 14.0. The van der Waals surface area contributed by atoms with E-state index in [1.807, 2.05) is 12.1 Å². The SMILES string of the molecule is N#C/C(=C\c1ccc(Cc2ccccc2F)c(Br)c1)C(=O)Nc1cccc(Cl)c1. The lowest BCUT2D eigenvalue weighted by molar-refractivity contribution is -0.112. The number of benzene rings is 3. The Labute approximate surface area is 181 Å². The van der Waals surface area contributed by atoms with Gasteiger partial charge in [-0.3, -0.25) is 4.79 Å². The number of rotatable bonds is 5. The standard InChI is InChI=1S/C23H15BrClFN2O/c24-21-11-15(8-9-16(21)12-17-4-1-2-7-22(17)26)10-18(14-27)23(29)28-20-6-3-5-19(25)13-20/h1-11,13H,12H2,(H,28,29)/b18-10+. The molecule has 0 fully saturated rings. The third kappa shape index (κ3) is 5.54. The van der Waals surface area contributed by atoms with E-state index < -0.39 is 5.91 Å². The van der Waals surface area contributed by atoms with Crippen LogP contribution in [0.15, 0.2) is 76.8 Å². The molecular weight excluding hydrogens is 455 g/mol. The average Bonchev–Trinajstić information content (AvgIpc) is 2.69. The summed E-state index contributed by atoms with van der Waals surface area (Å²) >= 11 is 9.40. The maximum Gasteiger partial charge on any atom is 0.266 e. The molecule has 3 aromatic carbocycles. The van der Waals surface area contributed by atoms with E-state index in [4.69, 9.17) is 11.6 Å². The molecule has 0 aromatic heterocycles. The first-order valence-electron chi connectivity index (χ1n) is 8.67. The lowest BCUT2D eigenvalue weighted by Gasteiger charge is -2.08. The minimum absolute atomic E-state index is 0.0428. The third-order valence-electron chi connectivity index (χ3n) is 4.17. The summed E-state index contributed by atoms with van der Waals surface area (Å²) in [6, 6.07) is 20.6. The fraction of sp³-hybridized carbons (Fsp3) is 0.0435. The second-order valence-corrected chi connectivity index (χ2v) is 7.54. The predicted molar refractivity (Wildman–Crippen MR) is 117 cm³/mol. The number of anilines is 1. The van der Waals surface area contributed by atoms with Gasteiger partial charge in [0.2, 0.25) is 0 Å². The van der Waals surface area contributed by atoms with Crippen molar-refractivity contribution in [2.45, 2.75) is 6.42 Å². The van der Waals surface area contributed by atoms with Gasteiger partial charge in [0.05, 0.1) is 0 Å². The first kappa shape index (κ1) is 20.8. The van der Waals surface area contributed by atoms with Gasteiger partial charge in [-0.2, -0.15) is 5.26 Å². The number of nitrogens with one attached hydrogen (secondary N) is 1. The molecular formula is C23H15BrClFN2O. The van der Waals surface area contributed by atoms with E-state index in [0.29, 0.717) is 28.3 Å². The molecule has 0 saturated carbocycles. The van der Waals surface area contributed by atoms with Crippen LogP contribution < -0.4 is 5.32 Å². The van der Waals surface area contributed by atoms with E-state index in [0.717, 1.165) is 10.0 Å². The van der Waals surface area contributed by atoms with Gasteiger partial charge >= 0.3 is 0 Å². The van der Waals surface area contributed by atoms with E-state index in [-0.39, 0.29) is 11.4 Å². The Balaban J connectivity index is 1.79. The van der Waals surface area contributed by atoms with E-state index in [2.05, 4.69) is 21.2 Å². The van der Waals surface area contributed by atoms with Crippen LogP contribution in [0.4, 0.5) is 10.1 Å². The lowest BCUT2D eigenvalue weighted by Crippen LogP contribution is -2.13. The van der Waals surface area contributed by atoms with Crippen LogP contribution in [0.1, 0.15) is 16.7 Å². The first-order valence-corrected chi connectivity index (χ1v) is 9.84. The molecule has 0 aliphatic carbocycles. The van der Waals surface area contributed by atoms with E-state index in [1.54, 1.807) is 54.6 Å². The third-order valence-corrected chi connectivity index (χ3v) is 5.15. The second kappa shape index (κ2) is 9.51. The van der Waals surface area contributed by atoms with Crippen LogP contribution in [0.25, 0.3) is 6.08 Å². The fourth-order valence-electron chi connectivity index (χ4n) is 2.72. The highest BCUT2D eigenvalue weighted by atomic mass is 79.9. The highest BCUT2D eigenvalue weighted by Crippen LogP contribution is 2.24. The van der Waals surface area contributed by atoms with Gasteiger partial charge in [-0.05, 0) is 53.1 Å². The number of nitriles is 1. The Kier molecular flexibility index (Phi) is 6.82. The number of carbonyl (C=O) groups is 1. The number of carbonyl (C=O) groups excluding carboxylic acids is 1. The zero-order valence-corrected chi connectivity index (χ0v) is 17.5. The number of hydrogen-bond donors (Lipinski definition) is 1. The molecule has 144 valence electrons. The van der Waals surface area contributed by atoms with Crippen LogP contribution in [-0.4, -0.2) is 5.91 Å². The minimum atomic E-state index is -0.527. The largest absolute Gasteiger partial charge is 0.321 e. The van der Waals surface area contributed by atoms with Crippen molar-refractivity contribution in [3.05, 3.63) is 104 Å². The van der Waals surface area contributed by atoms with Crippen LogP contribution in [0.2, 0.25) is 5.02 Å². The molecule has 0 unspecified atom stereocenters. The zero-order valence-electron chi connectivity index (χ0n) is 15.1. The van der Waals surface area contributed by atoms with Gasteiger partial charge in [0, 0.05) is 21.6 Å². The molecule has 1 amide bonds. The normalized spacial score (nSPS) is 11.0. The molecule has 1 N–H and O–H groups in total. The molecule has 0 atom stereocenters. The molecule has 0 radical (unpaired) electrons. The predicted octanol–water partition coefficient (Wildman–Crippen LogP) is 6.38. The summed E-state index contributed by atoms with van der Waals surface area (Å²) in [5.74, 6) is -0.783. The Hall–Kier alpha value is -2.94. The number of hydrogen-bond acceptors (Lipinski definition) is 2. The summed E-state index contributed by atoms with van der Waals surface area (Å²) in [7, 11) is 0. The van der Waals surface area contributed by atoms with Crippen molar-refractivity contribution >= 4 is 45.2 Å². The number of halogens is 3. The molecule has 0 saturated heterocycles. The molecule has 0 aliphatic rings. The van der Waals surface area contributed by atoms with Gasteiger partial charge in [-0.1, -0.05) is 63.9 Å². The Morgan fingerprint density at radius 3 is 2.59 bits per heavy atom. The van der Waals surface area contributed by atoms with E-state index >= 15 is 0 Å². The lowest BCUT2D eigenvalue weighted by atomic mass is 10.0. The van der Waals surface area contributed by atoms with Gasteiger partial charge in [-0.15, -0.1) is 0 Å². The molecule has 0 heterocycles. The molecule has 3 rings (SSSR count). The summed E-state index contributed by atoms with van der Waals surface area (Å²) in [4.78, 5) is 12.4. The molecule has 0 bridgehead atoms. The van der Waals surface area contributed by atoms with E-state index in [9.17, 15) is 14.4 Å². The van der Waals surface area contributed by atoms with Crippen molar-refractivity contribution in [1.29, 1.82) is 5.26 Å². The summed E-state index contributed by atoms with van der Waals surface area (Å²) < 4.78 is 14.6. The number of nitrogens with zero attached hydrogens (tertiary/aromatic N) is 1. The van der Waals surface area contributed by atoms with Crippen molar-refractivity contribution in [2.75, 3.05) is 5.32 Å². The molecule has 6 heteroatoms. The zero-order chi connectivity index (χ0) is 20.8. The quantitative estimate of drug-likeness (QED) is 0.348. The maximum atomic E-state index is 13.9. The Morgan fingerprint density at radius 1 is 1.10 bits per heavy atom. The number of amides is 1. The smallest absolute Gasteiger partial charge is 0.266 e. The summed E-state index contributed by atoms with van der Waals surface area (Å²) in [5.41, 5.74) is 2.62. The van der Waals surface area contributed by atoms with Crippen molar-refractivity contribution in [1.82, 2.24) is 0 Å². The van der Waals surface area contributed by atoms with Crippen molar-refractivity contribution < 1.29 is 9.18 Å². The summed E-state index contributed by atoms with van der Waals surface area (Å²) in [6.45, 7) is 0. The van der Waals surface area contributed by atoms with Crippen molar-refractivity contribution in [3.63, 3.8) is 0 Å². The summed E-state index contributed by atoms with van der Waals surface area (Å²) in [6.07, 6.45) is 1.93. The van der Waals surface area contributed by atoms with Gasteiger partial charge in [0.1, 0.15) is 17.5 Å². The molecule has 3 nitrogen and oxygen atoms in total. The molecule has 29 heavy (non-hydrogen) atoms. The van der Waals surface area contributed by atoms with Crippen LogP contribution >= 0.6 is 27.5 Å². The topological polar surface area (TPSA) is 52.9 Å². The Bertz CT molecular complexity index is 1140. The highest BCUT2D eigenvalue weighted by molar-refractivity contribution is 9.10. The fourth-order valence-corrected chi connectivity index (χ4v) is 3.45.